The zero-order valence-electron chi connectivity index (χ0n) is 16.3. The lowest BCUT2D eigenvalue weighted by molar-refractivity contribution is 0.0950. The van der Waals surface area contributed by atoms with E-state index in [9.17, 15) is 4.79 Å². The maximum atomic E-state index is 12.6. The second kappa shape index (κ2) is 9.78. The highest BCUT2D eigenvalue weighted by Gasteiger charge is 2.16. The summed E-state index contributed by atoms with van der Waals surface area (Å²) in [7, 11) is 1.55. The van der Waals surface area contributed by atoms with Crippen LogP contribution in [0.4, 0.5) is 5.82 Å². The molecule has 6 nitrogen and oxygen atoms in total. The molecule has 28 heavy (non-hydrogen) atoms. The highest BCUT2D eigenvalue weighted by Crippen LogP contribution is 2.28. The molecule has 1 saturated heterocycles. The van der Waals surface area contributed by atoms with Gasteiger partial charge >= 0.3 is 0 Å². The molecule has 0 bridgehead atoms. The van der Waals surface area contributed by atoms with Crippen LogP contribution in [0.1, 0.15) is 35.2 Å². The molecule has 0 spiro atoms. The van der Waals surface area contributed by atoms with Gasteiger partial charge in [-0.15, -0.1) is 0 Å². The van der Waals surface area contributed by atoms with Crippen molar-refractivity contribution in [3.8, 4) is 11.5 Å². The molecule has 0 saturated carbocycles. The van der Waals surface area contributed by atoms with Crippen LogP contribution >= 0.6 is 0 Å². The van der Waals surface area contributed by atoms with Crippen LogP contribution in [0.5, 0.6) is 11.5 Å². The van der Waals surface area contributed by atoms with Crippen LogP contribution in [0, 0.1) is 0 Å². The Labute approximate surface area is 166 Å². The summed E-state index contributed by atoms with van der Waals surface area (Å²) in [4.78, 5) is 19.5. The molecule has 1 amide bonds. The summed E-state index contributed by atoms with van der Waals surface area (Å²) >= 11 is 0. The molecule has 2 aromatic rings. The molecule has 0 radical (unpaired) electrons. The van der Waals surface area contributed by atoms with Crippen LogP contribution in [-0.4, -0.2) is 37.7 Å². The minimum absolute atomic E-state index is 0.165. The van der Waals surface area contributed by atoms with E-state index in [2.05, 4.69) is 21.8 Å². The van der Waals surface area contributed by atoms with Crippen LogP contribution < -0.4 is 19.7 Å². The predicted octanol–water partition coefficient (Wildman–Crippen LogP) is 3.58. The van der Waals surface area contributed by atoms with Crippen molar-refractivity contribution in [3.05, 3.63) is 60.3 Å². The van der Waals surface area contributed by atoms with Crippen LogP contribution in [0.15, 0.2) is 49.2 Å². The van der Waals surface area contributed by atoms with Gasteiger partial charge in [-0.25, -0.2) is 4.98 Å². The number of piperidine rings is 1. The zero-order chi connectivity index (χ0) is 19.8. The molecular weight excluding hydrogens is 354 g/mol. The van der Waals surface area contributed by atoms with Crippen LogP contribution in [0.3, 0.4) is 0 Å². The summed E-state index contributed by atoms with van der Waals surface area (Å²) in [6.45, 7) is 6.47. The second-order valence-electron chi connectivity index (χ2n) is 6.68. The van der Waals surface area contributed by atoms with Gasteiger partial charge in [0.1, 0.15) is 12.4 Å². The molecule has 0 atom stereocenters. The maximum absolute atomic E-state index is 12.6. The number of hydrogen-bond donors (Lipinski definition) is 1. The fourth-order valence-corrected chi connectivity index (χ4v) is 3.31. The molecule has 1 aromatic carbocycles. The van der Waals surface area contributed by atoms with E-state index in [4.69, 9.17) is 9.47 Å². The van der Waals surface area contributed by atoms with Crippen molar-refractivity contribution in [1.82, 2.24) is 10.3 Å². The molecule has 1 fully saturated rings. The SMILES string of the molecule is C=CCOc1ccc(C(=O)NCc2cccnc2N2CCCCC2)cc1OC. The maximum Gasteiger partial charge on any atom is 0.251 e. The van der Waals surface area contributed by atoms with Crippen molar-refractivity contribution in [1.29, 1.82) is 0 Å². The number of pyridine rings is 1. The van der Waals surface area contributed by atoms with E-state index in [0.29, 0.717) is 30.2 Å². The molecule has 148 valence electrons. The first-order valence-corrected chi connectivity index (χ1v) is 9.61. The Morgan fingerprint density at radius 1 is 1.25 bits per heavy atom. The number of amides is 1. The molecule has 1 aliphatic heterocycles. The highest BCUT2D eigenvalue weighted by atomic mass is 16.5. The van der Waals surface area contributed by atoms with E-state index in [-0.39, 0.29) is 5.91 Å². The summed E-state index contributed by atoms with van der Waals surface area (Å²) < 4.78 is 10.9. The topological polar surface area (TPSA) is 63.7 Å². The summed E-state index contributed by atoms with van der Waals surface area (Å²) in [6, 6.07) is 9.07. The number of nitrogens with one attached hydrogen (secondary N) is 1. The Morgan fingerprint density at radius 3 is 2.82 bits per heavy atom. The molecule has 6 heteroatoms. The standard InChI is InChI=1S/C22H27N3O3/c1-3-14-28-19-10-9-17(15-20(19)27-2)22(26)24-16-18-8-7-11-23-21(18)25-12-5-4-6-13-25/h3,7-11,15H,1,4-6,12-14,16H2,2H3,(H,24,26). The van der Waals surface area contributed by atoms with Crippen LogP contribution in [-0.2, 0) is 6.54 Å². The number of nitrogens with zero attached hydrogens (tertiary/aromatic N) is 2. The molecule has 2 heterocycles. The van der Waals surface area contributed by atoms with Gasteiger partial charge in [0.15, 0.2) is 11.5 Å². The van der Waals surface area contributed by atoms with Gasteiger partial charge in [-0.3, -0.25) is 4.79 Å². The summed E-state index contributed by atoms with van der Waals surface area (Å²) in [5.74, 6) is 1.90. The van der Waals surface area contributed by atoms with E-state index in [1.165, 1.54) is 19.3 Å². The van der Waals surface area contributed by atoms with E-state index < -0.39 is 0 Å². The van der Waals surface area contributed by atoms with Gasteiger partial charge in [-0.1, -0.05) is 18.7 Å². The fraction of sp³-hybridized carbons (Fsp3) is 0.364. The number of aromatic nitrogens is 1. The Bertz CT molecular complexity index is 816. The first kappa shape index (κ1) is 19.7. The van der Waals surface area contributed by atoms with Gasteiger partial charge in [-0.05, 0) is 43.5 Å². The Hall–Kier alpha value is -3.02. The van der Waals surface area contributed by atoms with Gasteiger partial charge in [0.2, 0.25) is 0 Å². The minimum atomic E-state index is -0.165. The molecule has 0 unspecified atom stereocenters. The zero-order valence-corrected chi connectivity index (χ0v) is 16.3. The van der Waals surface area contributed by atoms with E-state index in [0.717, 1.165) is 24.5 Å². The van der Waals surface area contributed by atoms with Crippen molar-refractivity contribution < 1.29 is 14.3 Å². The molecule has 0 aliphatic carbocycles. The Kier molecular flexibility index (Phi) is 6.89. The van der Waals surface area contributed by atoms with Crippen molar-refractivity contribution in [2.24, 2.45) is 0 Å². The number of methoxy groups -OCH3 is 1. The van der Waals surface area contributed by atoms with Crippen molar-refractivity contribution in [2.75, 3.05) is 31.7 Å². The number of benzene rings is 1. The van der Waals surface area contributed by atoms with Crippen molar-refractivity contribution in [2.45, 2.75) is 25.8 Å². The normalized spacial score (nSPS) is 13.7. The molecule has 1 N–H and O–H groups in total. The molecule has 3 rings (SSSR count). The molecule has 1 aromatic heterocycles. The lowest BCUT2D eigenvalue weighted by Crippen LogP contribution is -2.32. The van der Waals surface area contributed by atoms with E-state index >= 15 is 0 Å². The van der Waals surface area contributed by atoms with Crippen LogP contribution in [0.25, 0.3) is 0 Å². The third-order valence-corrected chi connectivity index (χ3v) is 4.75. The molecular formula is C22H27N3O3. The minimum Gasteiger partial charge on any atom is -0.493 e. The summed E-state index contributed by atoms with van der Waals surface area (Å²) in [5, 5.41) is 2.99. The van der Waals surface area contributed by atoms with Gasteiger partial charge in [-0.2, -0.15) is 0 Å². The average molecular weight is 381 g/mol. The van der Waals surface area contributed by atoms with Gasteiger partial charge in [0.25, 0.3) is 5.91 Å². The van der Waals surface area contributed by atoms with Crippen molar-refractivity contribution in [3.63, 3.8) is 0 Å². The number of carbonyl (C=O) groups is 1. The quantitative estimate of drug-likeness (QED) is 0.708. The third-order valence-electron chi connectivity index (χ3n) is 4.75. The highest BCUT2D eigenvalue weighted by molar-refractivity contribution is 5.94. The van der Waals surface area contributed by atoms with E-state index in [1.807, 2.05) is 18.3 Å². The van der Waals surface area contributed by atoms with E-state index in [1.54, 1.807) is 31.4 Å². The van der Waals surface area contributed by atoms with Crippen LogP contribution in [0.2, 0.25) is 0 Å². The first-order valence-electron chi connectivity index (χ1n) is 9.61. The largest absolute Gasteiger partial charge is 0.493 e. The van der Waals surface area contributed by atoms with Gasteiger partial charge in [0.05, 0.1) is 7.11 Å². The monoisotopic (exact) mass is 381 g/mol. The fourth-order valence-electron chi connectivity index (χ4n) is 3.31. The lowest BCUT2D eigenvalue weighted by Gasteiger charge is -2.29. The summed E-state index contributed by atoms with van der Waals surface area (Å²) in [6.07, 6.45) is 7.10. The smallest absolute Gasteiger partial charge is 0.251 e. The Morgan fingerprint density at radius 2 is 2.07 bits per heavy atom. The number of anilines is 1. The van der Waals surface area contributed by atoms with Gasteiger partial charge in [0, 0.05) is 37.0 Å². The molecule has 1 aliphatic rings. The predicted molar refractivity (Wildman–Crippen MR) is 110 cm³/mol. The summed E-state index contributed by atoms with van der Waals surface area (Å²) in [5.41, 5.74) is 1.54. The number of hydrogen-bond acceptors (Lipinski definition) is 5. The number of rotatable bonds is 8. The number of ether oxygens (including phenoxy) is 2. The average Bonchev–Trinajstić information content (AvgIpc) is 2.76. The van der Waals surface area contributed by atoms with Gasteiger partial charge < -0.3 is 19.7 Å². The second-order valence-corrected chi connectivity index (χ2v) is 6.68. The Balaban J connectivity index is 1.68. The first-order chi connectivity index (χ1) is 13.7. The number of carbonyl (C=O) groups excluding carboxylic acids is 1. The lowest BCUT2D eigenvalue weighted by atomic mass is 10.1. The third kappa shape index (κ3) is 4.82. The van der Waals surface area contributed by atoms with Crippen molar-refractivity contribution >= 4 is 11.7 Å².